The van der Waals surface area contributed by atoms with Crippen molar-refractivity contribution in [2.75, 3.05) is 19.7 Å². The van der Waals surface area contributed by atoms with Gasteiger partial charge in [-0.15, -0.1) is 5.10 Å². The van der Waals surface area contributed by atoms with Gasteiger partial charge in [0, 0.05) is 6.54 Å². The normalized spacial score (nSPS) is 20.9. The molecular weight excluding hydrogens is 276 g/mol. The lowest BCUT2D eigenvalue weighted by molar-refractivity contribution is -0.119. The third kappa shape index (κ3) is 2.35. The molecule has 0 saturated carbocycles. The van der Waals surface area contributed by atoms with Gasteiger partial charge in [-0.2, -0.15) is 5.06 Å². The van der Waals surface area contributed by atoms with E-state index in [0.29, 0.717) is 19.7 Å². The molecule has 0 aliphatic carbocycles. The fraction of sp³-hybridized carbons (Fsp3) is 0.500. The number of amides is 3. The van der Waals surface area contributed by atoms with Crippen LogP contribution in [0.2, 0.25) is 0 Å². The maximum absolute atomic E-state index is 12.2. The molecule has 9 nitrogen and oxygen atoms in total. The number of carbonyl (C=O) groups excluding carboxylic acids is 2. The fourth-order valence-corrected chi connectivity index (χ4v) is 2.39. The molecule has 3 rings (SSSR count). The van der Waals surface area contributed by atoms with Crippen LogP contribution in [0.1, 0.15) is 23.8 Å². The molecular formula is C12H16N6O3. The van der Waals surface area contributed by atoms with E-state index in [-0.39, 0.29) is 17.8 Å². The highest BCUT2D eigenvalue weighted by atomic mass is 16.7. The molecule has 1 saturated heterocycles. The second-order valence-corrected chi connectivity index (χ2v) is 4.96. The van der Waals surface area contributed by atoms with Crippen molar-refractivity contribution in [2.45, 2.75) is 19.4 Å². The molecule has 0 radical (unpaired) electrons. The smallest absolute Gasteiger partial charge is 0.345 e. The molecule has 21 heavy (non-hydrogen) atoms. The van der Waals surface area contributed by atoms with Gasteiger partial charge in [0.1, 0.15) is 0 Å². The van der Waals surface area contributed by atoms with Crippen LogP contribution in [0.25, 0.3) is 5.70 Å². The van der Waals surface area contributed by atoms with Crippen molar-refractivity contribution < 1.29 is 14.4 Å². The highest BCUT2D eigenvalue weighted by molar-refractivity contribution is 5.90. The summed E-state index contributed by atoms with van der Waals surface area (Å²) in [6.07, 6.45) is 4.19. The molecule has 1 unspecified atom stereocenters. The highest BCUT2D eigenvalue weighted by Gasteiger charge is 2.41. The van der Waals surface area contributed by atoms with E-state index in [9.17, 15) is 9.59 Å². The molecule has 1 aromatic heterocycles. The molecule has 2 aliphatic heterocycles. The van der Waals surface area contributed by atoms with E-state index in [1.165, 1.54) is 15.9 Å². The lowest BCUT2D eigenvalue weighted by Gasteiger charge is -2.21. The summed E-state index contributed by atoms with van der Waals surface area (Å²) < 4.78 is 1.47. The SMILES string of the molecule is CCCON1C(=O)N2CC(n3cc(C(N)=O)nn3)=CC1C2. The average molecular weight is 292 g/mol. The summed E-state index contributed by atoms with van der Waals surface area (Å²) >= 11 is 0. The first-order valence-electron chi connectivity index (χ1n) is 6.74. The van der Waals surface area contributed by atoms with Crippen LogP contribution in [0.15, 0.2) is 12.3 Å². The number of urea groups is 1. The van der Waals surface area contributed by atoms with Crippen molar-refractivity contribution in [3.8, 4) is 0 Å². The standard InChI is InChI=1S/C12H16N6O3/c1-2-3-21-18-9-4-8(5-16(6-9)12(18)20)17-7-10(11(13)19)14-15-17/h4,7,9H,2-3,5-6H2,1H3,(H2,13,19). The number of aromatic nitrogens is 3. The van der Waals surface area contributed by atoms with Crippen LogP contribution in [0.4, 0.5) is 4.79 Å². The van der Waals surface area contributed by atoms with Gasteiger partial charge in [0.2, 0.25) is 0 Å². The lowest BCUT2D eigenvalue weighted by Crippen LogP contribution is -2.33. The van der Waals surface area contributed by atoms with Gasteiger partial charge in [-0.1, -0.05) is 12.1 Å². The van der Waals surface area contributed by atoms with Gasteiger partial charge in [0.25, 0.3) is 5.91 Å². The molecule has 2 aliphatic rings. The molecule has 1 atom stereocenters. The first-order chi connectivity index (χ1) is 10.1. The third-order valence-electron chi connectivity index (χ3n) is 3.38. The Balaban J connectivity index is 1.82. The number of rotatable bonds is 5. The zero-order valence-corrected chi connectivity index (χ0v) is 11.6. The Morgan fingerprint density at radius 2 is 2.38 bits per heavy atom. The summed E-state index contributed by atoms with van der Waals surface area (Å²) in [5, 5.41) is 8.96. The Morgan fingerprint density at radius 1 is 1.57 bits per heavy atom. The number of hydrogen-bond donors (Lipinski definition) is 1. The monoisotopic (exact) mass is 292 g/mol. The van der Waals surface area contributed by atoms with Crippen molar-refractivity contribution in [3.63, 3.8) is 0 Å². The number of fused-ring (bicyclic) bond motifs is 2. The fourth-order valence-electron chi connectivity index (χ4n) is 2.39. The minimum absolute atomic E-state index is 0.0919. The van der Waals surface area contributed by atoms with Crippen LogP contribution in [-0.4, -0.2) is 62.6 Å². The number of primary amides is 1. The van der Waals surface area contributed by atoms with Gasteiger partial charge in [0.05, 0.1) is 31.1 Å². The largest absolute Gasteiger partial charge is 0.364 e. The van der Waals surface area contributed by atoms with Crippen molar-refractivity contribution in [1.29, 1.82) is 0 Å². The number of nitrogens with two attached hydrogens (primary N) is 1. The van der Waals surface area contributed by atoms with E-state index in [0.717, 1.165) is 12.1 Å². The van der Waals surface area contributed by atoms with Crippen molar-refractivity contribution in [2.24, 2.45) is 5.73 Å². The third-order valence-corrected chi connectivity index (χ3v) is 3.38. The van der Waals surface area contributed by atoms with Gasteiger partial charge in [-0.05, 0) is 12.5 Å². The molecule has 1 aromatic rings. The predicted octanol–water partition coefficient (Wildman–Crippen LogP) is -0.321. The van der Waals surface area contributed by atoms with E-state index in [2.05, 4.69) is 10.3 Å². The van der Waals surface area contributed by atoms with Crippen LogP contribution in [0, 0.1) is 0 Å². The van der Waals surface area contributed by atoms with E-state index in [1.807, 2.05) is 13.0 Å². The van der Waals surface area contributed by atoms with Crippen LogP contribution in [0.3, 0.4) is 0 Å². The van der Waals surface area contributed by atoms with Gasteiger partial charge < -0.3 is 10.6 Å². The Hall–Kier alpha value is -2.42. The topological polar surface area (TPSA) is 107 Å². The molecule has 112 valence electrons. The zero-order chi connectivity index (χ0) is 15.0. The summed E-state index contributed by atoms with van der Waals surface area (Å²) in [7, 11) is 0. The van der Waals surface area contributed by atoms with Crippen LogP contribution >= 0.6 is 0 Å². The maximum atomic E-state index is 12.2. The summed E-state index contributed by atoms with van der Waals surface area (Å²) in [5.74, 6) is -0.634. The Bertz CT molecular complexity index is 610. The molecule has 2 bridgehead atoms. The van der Waals surface area contributed by atoms with Crippen molar-refractivity contribution in [3.05, 3.63) is 18.0 Å². The number of nitrogens with zero attached hydrogens (tertiary/aromatic N) is 5. The van der Waals surface area contributed by atoms with Gasteiger partial charge in [0.15, 0.2) is 5.69 Å². The van der Waals surface area contributed by atoms with Crippen LogP contribution in [-0.2, 0) is 4.84 Å². The van der Waals surface area contributed by atoms with Gasteiger partial charge in [-0.25, -0.2) is 9.48 Å². The summed E-state index contributed by atoms with van der Waals surface area (Å²) in [6.45, 7) is 3.45. The van der Waals surface area contributed by atoms with Crippen LogP contribution < -0.4 is 5.73 Å². The molecule has 9 heteroatoms. The number of hydroxylamine groups is 2. The average Bonchev–Trinajstić information content (AvgIpc) is 3.03. The van der Waals surface area contributed by atoms with E-state index in [1.54, 1.807) is 4.90 Å². The maximum Gasteiger partial charge on any atom is 0.345 e. The quantitative estimate of drug-likeness (QED) is 0.800. The van der Waals surface area contributed by atoms with Gasteiger partial charge in [-0.3, -0.25) is 9.63 Å². The number of carbonyl (C=O) groups is 2. The molecule has 3 heterocycles. The van der Waals surface area contributed by atoms with E-state index >= 15 is 0 Å². The number of hydrogen-bond acceptors (Lipinski definition) is 5. The molecule has 0 spiro atoms. The molecule has 0 aromatic carbocycles. The van der Waals surface area contributed by atoms with Gasteiger partial charge >= 0.3 is 6.03 Å². The summed E-state index contributed by atoms with van der Waals surface area (Å²) in [4.78, 5) is 30.4. The predicted molar refractivity (Wildman–Crippen MR) is 71.7 cm³/mol. The minimum Gasteiger partial charge on any atom is -0.364 e. The van der Waals surface area contributed by atoms with E-state index in [4.69, 9.17) is 10.6 Å². The summed E-state index contributed by atoms with van der Waals surface area (Å²) in [5.41, 5.74) is 6.01. The van der Waals surface area contributed by atoms with Crippen molar-refractivity contribution in [1.82, 2.24) is 25.0 Å². The molecule has 2 N–H and O–H groups in total. The molecule has 1 fully saturated rings. The Morgan fingerprint density at radius 3 is 3.05 bits per heavy atom. The first kappa shape index (κ1) is 13.6. The summed E-state index contributed by atoms with van der Waals surface area (Å²) in [6, 6.07) is -0.316. The second kappa shape index (κ2) is 5.17. The minimum atomic E-state index is -0.634. The molecule has 3 amide bonds. The highest BCUT2D eigenvalue weighted by Crippen LogP contribution is 2.26. The Kier molecular flexibility index (Phi) is 3.34. The zero-order valence-electron chi connectivity index (χ0n) is 11.6. The van der Waals surface area contributed by atoms with Crippen molar-refractivity contribution >= 4 is 17.6 Å². The van der Waals surface area contributed by atoms with Crippen LogP contribution in [0.5, 0.6) is 0 Å². The second-order valence-electron chi connectivity index (χ2n) is 4.96. The Labute approximate surface area is 120 Å². The van der Waals surface area contributed by atoms with E-state index < -0.39 is 5.91 Å². The lowest BCUT2D eigenvalue weighted by atomic mass is 10.2. The first-order valence-corrected chi connectivity index (χ1v) is 6.74.